The van der Waals surface area contributed by atoms with Crippen LogP contribution in [0.4, 0.5) is 8.78 Å². The van der Waals surface area contributed by atoms with Gasteiger partial charge in [0.2, 0.25) is 0 Å². The van der Waals surface area contributed by atoms with Gasteiger partial charge in [0.05, 0.1) is 24.5 Å². The fourth-order valence-corrected chi connectivity index (χ4v) is 2.37. The normalized spacial score (nSPS) is 10.9. The number of methoxy groups -OCH3 is 1. The number of H-pyrrole nitrogens is 1. The zero-order valence-corrected chi connectivity index (χ0v) is 11.5. The highest BCUT2D eigenvalue weighted by Gasteiger charge is 2.19. The lowest BCUT2D eigenvalue weighted by molar-refractivity contribution is 0.0998. The van der Waals surface area contributed by atoms with Crippen LogP contribution in [0, 0.1) is 11.6 Å². The van der Waals surface area contributed by atoms with E-state index in [0.29, 0.717) is 16.6 Å². The van der Waals surface area contributed by atoms with E-state index in [9.17, 15) is 13.6 Å². The Labute approximate surface area is 123 Å². The Morgan fingerprint density at radius 2 is 2.05 bits per heavy atom. The van der Waals surface area contributed by atoms with Crippen molar-refractivity contribution in [2.24, 2.45) is 5.73 Å². The maximum absolute atomic E-state index is 14.2. The molecule has 3 rings (SSSR count). The Morgan fingerprint density at radius 3 is 2.68 bits per heavy atom. The molecule has 22 heavy (non-hydrogen) atoms. The minimum Gasteiger partial charge on any atom is -0.494 e. The molecule has 0 bridgehead atoms. The molecule has 3 aromatic rings. The van der Waals surface area contributed by atoms with E-state index >= 15 is 0 Å². The van der Waals surface area contributed by atoms with Gasteiger partial charge in [0.25, 0.3) is 5.91 Å². The lowest BCUT2D eigenvalue weighted by Gasteiger charge is -2.08. The molecule has 112 valence electrons. The summed E-state index contributed by atoms with van der Waals surface area (Å²) in [5.41, 5.74) is 6.18. The quantitative estimate of drug-likeness (QED) is 0.780. The van der Waals surface area contributed by atoms with Crippen molar-refractivity contribution < 1.29 is 18.3 Å². The molecule has 5 nitrogen and oxygen atoms in total. The van der Waals surface area contributed by atoms with E-state index in [4.69, 9.17) is 10.5 Å². The third-order valence-corrected chi connectivity index (χ3v) is 3.36. The number of rotatable bonds is 3. The number of benzene rings is 2. The number of ether oxygens (including phenoxy) is 1. The Balaban J connectivity index is 2.28. The topological polar surface area (TPSA) is 81.0 Å². The molecule has 0 atom stereocenters. The number of imidazole rings is 1. The number of amides is 1. The number of fused-ring (bicyclic) bond motifs is 1. The highest BCUT2D eigenvalue weighted by molar-refractivity contribution is 6.07. The molecule has 0 spiro atoms. The first kappa shape index (κ1) is 14.0. The van der Waals surface area contributed by atoms with Crippen LogP contribution in [0.3, 0.4) is 0 Å². The number of carbonyl (C=O) groups excluding carboxylic acids is 1. The maximum atomic E-state index is 14.2. The summed E-state index contributed by atoms with van der Waals surface area (Å²) >= 11 is 0. The first-order valence-corrected chi connectivity index (χ1v) is 6.32. The van der Waals surface area contributed by atoms with Gasteiger partial charge in [-0.15, -0.1) is 0 Å². The van der Waals surface area contributed by atoms with E-state index in [1.165, 1.54) is 25.6 Å². The van der Waals surface area contributed by atoms with Crippen molar-refractivity contribution >= 4 is 16.9 Å². The molecule has 0 radical (unpaired) electrons. The third-order valence-electron chi connectivity index (χ3n) is 3.36. The summed E-state index contributed by atoms with van der Waals surface area (Å²) in [4.78, 5) is 18.1. The summed E-state index contributed by atoms with van der Waals surface area (Å²) in [6.45, 7) is 0. The number of nitrogens with zero attached hydrogens (tertiary/aromatic N) is 1. The van der Waals surface area contributed by atoms with E-state index in [-0.39, 0.29) is 16.8 Å². The zero-order chi connectivity index (χ0) is 15.9. The molecular formula is C15H11F2N3O2. The molecule has 2 aromatic carbocycles. The Hall–Kier alpha value is -2.96. The molecule has 0 aliphatic rings. The Bertz CT molecular complexity index is 890. The number of primary amides is 1. The van der Waals surface area contributed by atoms with Crippen LogP contribution in [0.2, 0.25) is 0 Å². The van der Waals surface area contributed by atoms with Crippen LogP contribution in [-0.4, -0.2) is 23.0 Å². The van der Waals surface area contributed by atoms with Gasteiger partial charge < -0.3 is 15.5 Å². The van der Waals surface area contributed by atoms with Gasteiger partial charge in [0.1, 0.15) is 11.4 Å². The summed E-state index contributed by atoms with van der Waals surface area (Å²) in [6.07, 6.45) is 1.32. The van der Waals surface area contributed by atoms with Gasteiger partial charge in [0, 0.05) is 5.56 Å². The van der Waals surface area contributed by atoms with E-state index in [0.717, 1.165) is 6.07 Å². The van der Waals surface area contributed by atoms with E-state index in [1.54, 1.807) is 6.07 Å². The molecule has 7 heteroatoms. The molecule has 1 aromatic heterocycles. The standard InChI is InChI=1S/C15H11F2N3O2/c1-22-11-3-2-7(4-9(11)16)8-5-10(17)12(15(18)21)14-13(8)19-6-20-14/h2-6H,1H3,(H2,18,21)(H,19,20). The van der Waals surface area contributed by atoms with Gasteiger partial charge in [-0.3, -0.25) is 4.79 Å². The van der Waals surface area contributed by atoms with Gasteiger partial charge in [0.15, 0.2) is 11.6 Å². The summed E-state index contributed by atoms with van der Waals surface area (Å²) in [5.74, 6) is -2.20. The molecular weight excluding hydrogens is 292 g/mol. The average Bonchev–Trinajstić information content (AvgIpc) is 2.94. The van der Waals surface area contributed by atoms with E-state index in [2.05, 4.69) is 9.97 Å². The second kappa shape index (κ2) is 5.10. The van der Waals surface area contributed by atoms with Crippen LogP contribution in [0.25, 0.3) is 22.2 Å². The number of halogens is 2. The summed E-state index contributed by atoms with van der Waals surface area (Å²) < 4.78 is 32.9. The number of hydrogen-bond donors (Lipinski definition) is 2. The number of aromatic nitrogens is 2. The molecule has 0 aliphatic heterocycles. The van der Waals surface area contributed by atoms with Crippen LogP contribution in [0.15, 0.2) is 30.6 Å². The minimum atomic E-state index is -0.904. The van der Waals surface area contributed by atoms with Gasteiger partial charge in [-0.1, -0.05) is 6.07 Å². The van der Waals surface area contributed by atoms with Gasteiger partial charge in [-0.2, -0.15) is 0 Å². The van der Waals surface area contributed by atoms with Gasteiger partial charge >= 0.3 is 0 Å². The predicted octanol–water partition coefficient (Wildman–Crippen LogP) is 2.62. The predicted molar refractivity (Wildman–Crippen MR) is 76.5 cm³/mol. The highest BCUT2D eigenvalue weighted by Crippen LogP contribution is 2.32. The van der Waals surface area contributed by atoms with Crippen molar-refractivity contribution in [3.05, 3.63) is 47.8 Å². The number of carbonyl (C=O) groups is 1. The molecule has 0 aliphatic carbocycles. The third kappa shape index (κ3) is 2.07. The van der Waals surface area contributed by atoms with Crippen molar-refractivity contribution in [3.8, 4) is 16.9 Å². The van der Waals surface area contributed by atoms with Gasteiger partial charge in [-0.05, 0) is 23.8 Å². The van der Waals surface area contributed by atoms with Crippen LogP contribution >= 0.6 is 0 Å². The molecule has 1 heterocycles. The molecule has 0 unspecified atom stereocenters. The largest absolute Gasteiger partial charge is 0.494 e. The molecule has 0 saturated heterocycles. The van der Waals surface area contributed by atoms with Crippen molar-refractivity contribution in [2.45, 2.75) is 0 Å². The zero-order valence-electron chi connectivity index (χ0n) is 11.5. The number of hydrogen-bond acceptors (Lipinski definition) is 3. The van der Waals surface area contributed by atoms with Crippen molar-refractivity contribution in [3.63, 3.8) is 0 Å². The number of nitrogens with two attached hydrogens (primary N) is 1. The van der Waals surface area contributed by atoms with Crippen molar-refractivity contribution in [1.82, 2.24) is 9.97 Å². The van der Waals surface area contributed by atoms with Crippen LogP contribution in [0.1, 0.15) is 10.4 Å². The van der Waals surface area contributed by atoms with E-state index < -0.39 is 17.5 Å². The van der Waals surface area contributed by atoms with Crippen molar-refractivity contribution in [1.29, 1.82) is 0 Å². The lowest BCUT2D eigenvalue weighted by Crippen LogP contribution is -2.14. The monoisotopic (exact) mass is 303 g/mol. The molecule has 1 amide bonds. The molecule has 0 fully saturated rings. The van der Waals surface area contributed by atoms with Crippen LogP contribution in [0.5, 0.6) is 5.75 Å². The first-order chi connectivity index (χ1) is 10.5. The minimum absolute atomic E-state index is 0.0799. The van der Waals surface area contributed by atoms with Crippen LogP contribution < -0.4 is 10.5 Å². The SMILES string of the molecule is COc1ccc(-c2cc(F)c(C(N)=O)c3[nH]cnc23)cc1F. The second-order valence-electron chi connectivity index (χ2n) is 4.62. The molecule has 3 N–H and O–H groups in total. The highest BCUT2D eigenvalue weighted by atomic mass is 19.1. The second-order valence-corrected chi connectivity index (χ2v) is 4.62. The smallest absolute Gasteiger partial charge is 0.253 e. The molecule has 0 saturated carbocycles. The first-order valence-electron chi connectivity index (χ1n) is 6.32. The number of nitrogens with one attached hydrogen (secondary N) is 1. The average molecular weight is 303 g/mol. The fraction of sp³-hybridized carbons (Fsp3) is 0.0667. The fourth-order valence-electron chi connectivity index (χ4n) is 2.37. The summed E-state index contributed by atoms with van der Waals surface area (Å²) in [5, 5.41) is 0. The van der Waals surface area contributed by atoms with Crippen LogP contribution in [-0.2, 0) is 0 Å². The van der Waals surface area contributed by atoms with Gasteiger partial charge in [-0.25, -0.2) is 13.8 Å². The Morgan fingerprint density at radius 1 is 1.27 bits per heavy atom. The Kier molecular flexibility index (Phi) is 3.25. The lowest BCUT2D eigenvalue weighted by atomic mass is 10.0. The summed E-state index contributed by atoms with van der Waals surface area (Å²) in [6, 6.07) is 5.34. The maximum Gasteiger partial charge on any atom is 0.253 e. The van der Waals surface area contributed by atoms with Crippen molar-refractivity contribution in [2.75, 3.05) is 7.11 Å². The number of aromatic amines is 1. The summed E-state index contributed by atoms with van der Waals surface area (Å²) in [7, 11) is 1.35. The van der Waals surface area contributed by atoms with E-state index in [1.807, 2.05) is 0 Å².